The summed E-state index contributed by atoms with van der Waals surface area (Å²) in [6.45, 7) is 0.362. The van der Waals surface area contributed by atoms with Crippen LogP contribution in [0.3, 0.4) is 0 Å². The number of carbonyl (C=O) groups is 1. The van der Waals surface area contributed by atoms with Crippen LogP contribution in [0.15, 0.2) is 18.2 Å². The third-order valence-corrected chi connectivity index (χ3v) is 2.62. The van der Waals surface area contributed by atoms with E-state index in [4.69, 9.17) is 5.73 Å². The second-order valence-corrected chi connectivity index (χ2v) is 3.40. The van der Waals surface area contributed by atoms with Gasteiger partial charge in [-0.3, -0.25) is 4.79 Å². The number of hydrogen-bond donors (Lipinski definition) is 1. The van der Waals surface area contributed by atoms with Crippen molar-refractivity contribution >= 4 is 5.91 Å². The van der Waals surface area contributed by atoms with Gasteiger partial charge in [-0.25, -0.2) is 4.39 Å². The molecule has 1 aliphatic heterocycles. The zero-order valence-electron chi connectivity index (χ0n) is 7.83. The molecule has 0 unspecified atom stereocenters. The maximum Gasteiger partial charge on any atom is 0.254 e. The van der Waals surface area contributed by atoms with Gasteiger partial charge in [-0.2, -0.15) is 0 Å². The summed E-state index contributed by atoms with van der Waals surface area (Å²) in [6, 6.07) is 4.14. The Morgan fingerprint density at radius 1 is 1.57 bits per heavy atom. The van der Waals surface area contributed by atoms with Crippen molar-refractivity contribution in [2.45, 2.75) is 6.04 Å². The molecule has 1 heterocycles. The third-order valence-electron chi connectivity index (χ3n) is 2.62. The van der Waals surface area contributed by atoms with Crippen LogP contribution in [0, 0.1) is 5.82 Å². The van der Waals surface area contributed by atoms with Gasteiger partial charge in [0.1, 0.15) is 5.82 Å². The summed E-state index contributed by atoms with van der Waals surface area (Å²) in [7, 11) is 1.68. The van der Waals surface area contributed by atoms with E-state index in [1.165, 1.54) is 12.1 Å². The largest absolute Gasteiger partial charge is 0.333 e. The summed E-state index contributed by atoms with van der Waals surface area (Å²) in [5, 5.41) is 0. The summed E-state index contributed by atoms with van der Waals surface area (Å²) in [4.78, 5) is 13.2. The van der Waals surface area contributed by atoms with E-state index in [-0.39, 0.29) is 17.8 Å². The van der Waals surface area contributed by atoms with Crippen molar-refractivity contribution < 1.29 is 9.18 Å². The number of hydrogen-bond acceptors (Lipinski definition) is 2. The van der Waals surface area contributed by atoms with Crippen molar-refractivity contribution in [3.05, 3.63) is 35.1 Å². The maximum absolute atomic E-state index is 12.9. The monoisotopic (exact) mass is 194 g/mol. The highest BCUT2D eigenvalue weighted by Gasteiger charge is 2.33. The van der Waals surface area contributed by atoms with Gasteiger partial charge in [-0.1, -0.05) is 6.07 Å². The quantitative estimate of drug-likeness (QED) is 0.722. The fourth-order valence-corrected chi connectivity index (χ4v) is 1.83. The molecule has 4 heteroatoms. The fraction of sp³-hybridized carbons (Fsp3) is 0.300. The van der Waals surface area contributed by atoms with Crippen LogP contribution >= 0.6 is 0 Å². The summed E-state index contributed by atoms with van der Waals surface area (Å²) in [5.41, 5.74) is 6.81. The molecule has 1 aromatic carbocycles. The first-order valence-corrected chi connectivity index (χ1v) is 4.42. The highest BCUT2D eigenvalue weighted by molar-refractivity contribution is 5.99. The molecule has 14 heavy (non-hydrogen) atoms. The Morgan fingerprint density at radius 3 is 2.93 bits per heavy atom. The Kier molecular flexibility index (Phi) is 2.00. The molecule has 1 atom stereocenters. The zero-order chi connectivity index (χ0) is 10.3. The maximum atomic E-state index is 12.9. The second-order valence-electron chi connectivity index (χ2n) is 3.40. The van der Waals surface area contributed by atoms with Crippen LogP contribution in [0.2, 0.25) is 0 Å². The molecule has 0 saturated heterocycles. The lowest BCUT2D eigenvalue weighted by molar-refractivity contribution is 0.0778. The van der Waals surface area contributed by atoms with E-state index in [1.807, 2.05) is 0 Å². The lowest BCUT2D eigenvalue weighted by Gasteiger charge is -2.18. The Labute approximate surface area is 81.3 Å². The summed E-state index contributed by atoms with van der Waals surface area (Å²) < 4.78 is 12.9. The standard InChI is InChI=1S/C10H11FN2O/c1-13-9(5-12)7-3-2-6(11)4-8(7)10(13)14/h2-4,9H,5,12H2,1H3/t9-/m0/s1. The van der Waals surface area contributed by atoms with Crippen LogP contribution in [0.4, 0.5) is 4.39 Å². The Bertz CT molecular complexity index is 392. The predicted molar refractivity (Wildman–Crippen MR) is 50.3 cm³/mol. The van der Waals surface area contributed by atoms with E-state index in [1.54, 1.807) is 18.0 Å². The molecule has 0 aliphatic carbocycles. The van der Waals surface area contributed by atoms with Crippen molar-refractivity contribution in [2.75, 3.05) is 13.6 Å². The molecule has 74 valence electrons. The van der Waals surface area contributed by atoms with Crippen LogP contribution in [0.25, 0.3) is 0 Å². The minimum Gasteiger partial charge on any atom is -0.333 e. The predicted octanol–water partition coefficient (Wildman–Crippen LogP) is 0.911. The van der Waals surface area contributed by atoms with Gasteiger partial charge in [-0.15, -0.1) is 0 Å². The zero-order valence-corrected chi connectivity index (χ0v) is 7.83. The molecule has 2 rings (SSSR count). The highest BCUT2D eigenvalue weighted by Crippen LogP contribution is 2.31. The summed E-state index contributed by atoms with van der Waals surface area (Å²) in [5.74, 6) is -0.543. The van der Waals surface area contributed by atoms with Crippen LogP contribution in [0.5, 0.6) is 0 Å². The lowest BCUT2D eigenvalue weighted by Crippen LogP contribution is -2.28. The number of benzene rings is 1. The van der Waals surface area contributed by atoms with Gasteiger partial charge < -0.3 is 10.6 Å². The Balaban J connectivity index is 2.55. The molecular weight excluding hydrogens is 183 g/mol. The van der Waals surface area contributed by atoms with Gasteiger partial charge in [0.25, 0.3) is 5.91 Å². The number of rotatable bonds is 1. The number of carbonyl (C=O) groups excluding carboxylic acids is 1. The van der Waals surface area contributed by atoms with Crippen molar-refractivity contribution in [2.24, 2.45) is 5.73 Å². The number of nitrogens with zero attached hydrogens (tertiary/aromatic N) is 1. The molecule has 0 radical (unpaired) electrons. The number of fused-ring (bicyclic) bond motifs is 1. The molecule has 1 amide bonds. The number of amides is 1. The first kappa shape index (κ1) is 9.15. The van der Waals surface area contributed by atoms with Gasteiger partial charge in [0.15, 0.2) is 0 Å². The Hall–Kier alpha value is -1.42. The van der Waals surface area contributed by atoms with Gasteiger partial charge in [0.2, 0.25) is 0 Å². The lowest BCUT2D eigenvalue weighted by atomic mass is 10.0. The molecule has 1 aromatic rings. The van der Waals surface area contributed by atoms with E-state index in [0.29, 0.717) is 12.1 Å². The molecular formula is C10H11FN2O. The van der Waals surface area contributed by atoms with Crippen LogP contribution < -0.4 is 5.73 Å². The molecule has 2 N–H and O–H groups in total. The van der Waals surface area contributed by atoms with Crippen LogP contribution in [-0.2, 0) is 0 Å². The summed E-state index contributed by atoms with van der Waals surface area (Å²) >= 11 is 0. The van der Waals surface area contributed by atoms with Crippen molar-refractivity contribution in [3.63, 3.8) is 0 Å². The molecule has 3 nitrogen and oxygen atoms in total. The normalized spacial score (nSPS) is 20.1. The molecule has 0 saturated carbocycles. The van der Waals surface area contributed by atoms with Crippen LogP contribution in [-0.4, -0.2) is 24.4 Å². The van der Waals surface area contributed by atoms with Crippen LogP contribution in [0.1, 0.15) is 22.0 Å². The second kappa shape index (κ2) is 3.06. The van der Waals surface area contributed by atoms with Gasteiger partial charge in [0.05, 0.1) is 6.04 Å². The molecule has 1 aliphatic rings. The van der Waals surface area contributed by atoms with Crippen molar-refractivity contribution in [3.8, 4) is 0 Å². The first-order chi connectivity index (χ1) is 6.65. The van der Waals surface area contributed by atoms with E-state index < -0.39 is 0 Å². The van der Waals surface area contributed by atoms with Crippen molar-refractivity contribution in [1.29, 1.82) is 0 Å². The highest BCUT2D eigenvalue weighted by atomic mass is 19.1. The van der Waals surface area contributed by atoms with E-state index in [9.17, 15) is 9.18 Å². The van der Waals surface area contributed by atoms with Crippen molar-refractivity contribution in [1.82, 2.24) is 4.90 Å². The molecule has 0 fully saturated rings. The van der Waals surface area contributed by atoms with Gasteiger partial charge in [0, 0.05) is 19.2 Å². The van der Waals surface area contributed by atoms with E-state index in [2.05, 4.69) is 0 Å². The van der Waals surface area contributed by atoms with Gasteiger partial charge >= 0.3 is 0 Å². The Morgan fingerprint density at radius 2 is 2.29 bits per heavy atom. The topological polar surface area (TPSA) is 46.3 Å². The van der Waals surface area contributed by atoms with E-state index in [0.717, 1.165) is 5.56 Å². The number of likely N-dealkylation sites (N-methyl/N-ethyl adjacent to an activating group) is 1. The average Bonchev–Trinajstić information content (AvgIpc) is 2.41. The van der Waals surface area contributed by atoms with Gasteiger partial charge in [-0.05, 0) is 17.7 Å². The molecule has 0 aromatic heterocycles. The number of nitrogens with two attached hydrogens (primary N) is 1. The molecule has 0 bridgehead atoms. The minimum atomic E-state index is -0.386. The fourth-order valence-electron chi connectivity index (χ4n) is 1.83. The smallest absolute Gasteiger partial charge is 0.254 e. The molecule has 0 spiro atoms. The first-order valence-electron chi connectivity index (χ1n) is 4.42. The number of halogens is 1. The van der Waals surface area contributed by atoms with E-state index >= 15 is 0 Å². The average molecular weight is 194 g/mol. The summed E-state index contributed by atoms with van der Waals surface area (Å²) in [6.07, 6.45) is 0. The third kappa shape index (κ3) is 1.11. The minimum absolute atomic E-state index is 0.113. The SMILES string of the molecule is CN1C(=O)c2cc(F)ccc2[C@@H]1CN.